The number of carbonyl (C=O) groups is 2. The van der Waals surface area contributed by atoms with Gasteiger partial charge in [-0.05, 0) is 24.6 Å². The van der Waals surface area contributed by atoms with Gasteiger partial charge in [0.15, 0.2) is 11.0 Å². The lowest BCUT2D eigenvalue weighted by Gasteiger charge is -2.34. The van der Waals surface area contributed by atoms with Gasteiger partial charge in [0, 0.05) is 44.1 Å². The Balaban J connectivity index is 1.43. The number of hydrogen-bond donors (Lipinski definition) is 0. The molecule has 172 valence electrons. The highest BCUT2D eigenvalue weighted by atomic mass is 32.2. The van der Waals surface area contributed by atoms with Crippen molar-refractivity contribution in [2.45, 2.75) is 18.6 Å². The van der Waals surface area contributed by atoms with Gasteiger partial charge in [0.1, 0.15) is 0 Å². The quantitative estimate of drug-likeness (QED) is 0.494. The summed E-state index contributed by atoms with van der Waals surface area (Å²) in [5, 5.41) is 9.44. The fraction of sp³-hybridized carbons (Fsp3) is 0.348. The number of aromatic nitrogens is 4. The molecule has 10 heteroatoms. The van der Waals surface area contributed by atoms with Crippen molar-refractivity contribution in [3.05, 3.63) is 60.4 Å². The van der Waals surface area contributed by atoms with Crippen LogP contribution in [0.25, 0.3) is 11.4 Å². The summed E-state index contributed by atoms with van der Waals surface area (Å²) in [5.74, 6) is 0.977. The molecule has 1 aromatic carbocycles. The summed E-state index contributed by atoms with van der Waals surface area (Å²) < 4.78 is 7.06. The Labute approximate surface area is 196 Å². The number of carbonyl (C=O) groups excluding carboxylic acids is 2. The third kappa shape index (κ3) is 5.70. The SMILES string of the molecule is CCOC(=O)N1CCN(C(=O)CSc2nnc(-c3cccnc3)n2Cc2ccccc2)CC1. The lowest BCUT2D eigenvalue weighted by molar-refractivity contribution is -0.129. The Morgan fingerprint density at radius 2 is 1.76 bits per heavy atom. The zero-order chi connectivity index (χ0) is 23.0. The highest BCUT2D eigenvalue weighted by molar-refractivity contribution is 7.99. The van der Waals surface area contributed by atoms with Crippen molar-refractivity contribution in [3.63, 3.8) is 0 Å². The van der Waals surface area contributed by atoms with Gasteiger partial charge in [-0.2, -0.15) is 0 Å². The van der Waals surface area contributed by atoms with Crippen LogP contribution in [0, 0.1) is 0 Å². The highest BCUT2D eigenvalue weighted by Crippen LogP contribution is 2.25. The fourth-order valence-electron chi connectivity index (χ4n) is 3.58. The molecular formula is C23H26N6O3S. The largest absolute Gasteiger partial charge is 0.450 e. The molecule has 3 heterocycles. The van der Waals surface area contributed by atoms with E-state index in [1.165, 1.54) is 11.8 Å². The van der Waals surface area contributed by atoms with Crippen molar-refractivity contribution in [3.8, 4) is 11.4 Å². The fourth-order valence-corrected chi connectivity index (χ4v) is 4.42. The molecule has 2 aromatic heterocycles. The standard InChI is InChI=1S/C23H26N6O3S/c1-2-32-23(31)28-13-11-27(12-14-28)20(30)17-33-22-26-25-21(19-9-6-10-24-15-19)29(22)16-18-7-4-3-5-8-18/h3-10,15H,2,11-14,16-17H2,1H3. The van der Waals surface area contributed by atoms with Gasteiger partial charge in [-0.1, -0.05) is 42.1 Å². The van der Waals surface area contributed by atoms with Crippen LogP contribution in [0.4, 0.5) is 4.79 Å². The molecular weight excluding hydrogens is 440 g/mol. The van der Waals surface area contributed by atoms with Crippen LogP contribution in [-0.2, 0) is 16.1 Å². The molecule has 2 amide bonds. The number of pyridine rings is 1. The zero-order valence-electron chi connectivity index (χ0n) is 18.5. The monoisotopic (exact) mass is 466 g/mol. The maximum Gasteiger partial charge on any atom is 0.409 e. The van der Waals surface area contributed by atoms with E-state index >= 15 is 0 Å². The predicted octanol–water partition coefficient (Wildman–Crippen LogP) is 2.78. The molecule has 0 aliphatic carbocycles. The topological polar surface area (TPSA) is 93.4 Å². The second-order valence-electron chi connectivity index (χ2n) is 7.48. The molecule has 3 aromatic rings. The van der Waals surface area contributed by atoms with E-state index in [9.17, 15) is 9.59 Å². The molecule has 0 atom stereocenters. The maximum atomic E-state index is 12.8. The van der Waals surface area contributed by atoms with Gasteiger partial charge >= 0.3 is 6.09 Å². The van der Waals surface area contributed by atoms with Crippen LogP contribution >= 0.6 is 11.8 Å². The van der Waals surface area contributed by atoms with Crippen molar-refractivity contribution in [2.24, 2.45) is 0 Å². The average Bonchev–Trinajstić information content (AvgIpc) is 3.26. The summed E-state index contributed by atoms with van der Waals surface area (Å²) in [7, 11) is 0. The molecule has 1 fully saturated rings. The van der Waals surface area contributed by atoms with E-state index < -0.39 is 0 Å². The molecule has 0 spiro atoms. The summed E-state index contributed by atoms with van der Waals surface area (Å²) in [4.78, 5) is 32.3. The van der Waals surface area contributed by atoms with Gasteiger partial charge in [-0.15, -0.1) is 10.2 Å². The average molecular weight is 467 g/mol. The molecule has 1 aliphatic rings. The Morgan fingerprint density at radius 1 is 1.00 bits per heavy atom. The first-order valence-corrected chi connectivity index (χ1v) is 11.8. The summed E-state index contributed by atoms with van der Waals surface area (Å²) in [6.07, 6.45) is 3.15. The summed E-state index contributed by atoms with van der Waals surface area (Å²) in [5.41, 5.74) is 1.99. The number of nitrogens with zero attached hydrogens (tertiary/aromatic N) is 6. The first kappa shape index (κ1) is 22.8. The maximum absolute atomic E-state index is 12.8. The van der Waals surface area contributed by atoms with Gasteiger partial charge in [-0.3, -0.25) is 14.3 Å². The Morgan fingerprint density at radius 3 is 2.45 bits per heavy atom. The van der Waals surface area contributed by atoms with Crippen LogP contribution in [0.5, 0.6) is 0 Å². The lowest BCUT2D eigenvalue weighted by Crippen LogP contribution is -2.51. The van der Waals surface area contributed by atoms with E-state index in [2.05, 4.69) is 27.3 Å². The molecule has 0 unspecified atom stereocenters. The van der Waals surface area contributed by atoms with Crippen LogP contribution in [0.15, 0.2) is 60.0 Å². The van der Waals surface area contributed by atoms with Crippen LogP contribution in [0.3, 0.4) is 0 Å². The van der Waals surface area contributed by atoms with E-state index in [1.54, 1.807) is 29.1 Å². The summed E-state index contributed by atoms with van der Waals surface area (Å²) in [6.45, 7) is 4.66. The third-order valence-electron chi connectivity index (χ3n) is 5.30. The van der Waals surface area contributed by atoms with Crippen molar-refractivity contribution in [2.75, 3.05) is 38.5 Å². The number of thioether (sulfide) groups is 1. The molecule has 33 heavy (non-hydrogen) atoms. The van der Waals surface area contributed by atoms with E-state index in [0.29, 0.717) is 50.3 Å². The Bertz CT molecular complexity index is 1070. The molecule has 0 radical (unpaired) electrons. The molecule has 0 bridgehead atoms. The van der Waals surface area contributed by atoms with Crippen molar-refractivity contribution in [1.29, 1.82) is 0 Å². The Hall–Kier alpha value is -3.40. The molecule has 4 rings (SSSR count). The second-order valence-corrected chi connectivity index (χ2v) is 8.42. The van der Waals surface area contributed by atoms with Gasteiger partial charge in [0.25, 0.3) is 0 Å². The highest BCUT2D eigenvalue weighted by Gasteiger charge is 2.25. The molecule has 1 saturated heterocycles. The number of piperazine rings is 1. The van der Waals surface area contributed by atoms with Crippen molar-refractivity contribution in [1.82, 2.24) is 29.5 Å². The van der Waals surface area contributed by atoms with E-state index in [0.717, 1.165) is 11.1 Å². The minimum Gasteiger partial charge on any atom is -0.450 e. The van der Waals surface area contributed by atoms with Crippen LogP contribution in [0.2, 0.25) is 0 Å². The Kier molecular flexibility index (Phi) is 7.56. The minimum absolute atomic E-state index is 0.0145. The molecule has 0 saturated carbocycles. The van der Waals surface area contributed by atoms with Crippen LogP contribution in [-0.4, -0.2) is 80.1 Å². The smallest absolute Gasteiger partial charge is 0.409 e. The first-order valence-electron chi connectivity index (χ1n) is 10.9. The van der Waals surface area contributed by atoms with Crippen molar-refractivity contribution < 1.29 is 14.3 Å². The number of rotatable bonds is 7. The van der Waals surface area contributed by atoms with Gasteiger partial charge in [0.2, 0.25) is 5.91 Å². The number of benzene rings is 1. The van der Waals surface area contributed by atoms with E-state index in [4.69, 9.17) is 4.74 Å². The summed E-state index contributed by atoms with van der Waals surface area (Å²) >= 11 is 1.37. The first-order chi connectivity index (χ1) is 16.2. The third-order valence-corrected chi connectivity index (χ3v) is 6.25. The number of hydrogen-bond acceptors (Lipinski definition) is 7. The number of ether oxygens (including phenoxy) is 1. The lowest BCUT2D eigenvalue weighted by atomic mass is 10.2. The van der Waals surface area contributed by atoms with Crippen LogP contribution in [0.1, 0.15) is 12.5 Å². The van der Waals surface area contributed by atoms with Gasteiger partial charge < -0.3 is 14.5 Å². The molecule has 1 aliphatic heterocycles. The summed E-state index contributed by atoms with van der Waals surface area (Å²) in [6, 6.07) is 13.9. The van der Waals surface area contributed by atoms with Crippen molar-refractivity contribution >= 4 is 23.8 Å². The van der Waals surface area contributed by atoms with Gasteiger partial charge in [0.05, 0.1) is 18.9 Å². The van der Waals surface area contributed by atoms with Crippen LogP contribution < -0.4 is 0 Å². The predicted molar refractivity (Wildman–Crippen MR) is 125 cm³/mol. The minimum atomic E-state index is -0.323. The molecule has 0 N–H and O–H groups in total. The normalized spacial score (nSPS) is 13.7. The van der Waals surface area contributed by atoms with E-state index in [-0.39, 0.29) is 17.8 Å². The second kappa shape index (κ2) is 11.0. The molecule has 9 nitrogen and oxygen atoms in total. The van der Waals surface area contributed by atoms with E-state index in [1.807, 2.05) is 34.9 Å². The zero-order valence-corrected chi connectivity index (χ0v) is 19.3. The number of amides is 2. The van der Waals surface area contributed by atoms with Gasteiger partial charge in [-0.25, -0.2) is 4.79 Å².